The number of nitrogens with zero attached hydrogens (tertiary/aromatic N) is 1. The molecule has 0 saturated carbocycles. The SMILES string of the molecule is C=C(/C=C\C1=C(C)NCCC1)CC1CCN(C(=O)C(CC)CC)CC1.C=C(O)C(C)c1ccccc1C. The minimum Gasteiger partial charge on any atom is -0.512 e. The lowest BCUT2D eigenvalue weighted by Crippen LogP contribution is -2.41. The second-order valence-corrected chi connectivity index (χ2v) is 10.7. The summed E-state index contributed by atoms with van der Waals surface area (Å²) in [7, 11) is 0. The molecule has 4 heteroatoms. The number of hydrogen-bond acceptors (Lipinski definition) is 3. The third kappa shape index (κ3) is 9.57. The highest BCUT2D eigenvalue weighted by Gasteiger charge is 2.26. The average Bonchev–Trinajstić information content (AvgIpc) is 2.89. The molecule has 1 aromatic rings. The van der Waals surface area contributed by atoms with Gasteiger partial charge in [0.05, 0.1) is 5.76 Å². The van der Waals surface area contributed by atoms with Gasteiger partial charge in [-0.3, -0.25) is 4.79 Å². The number of benzene rings is 1. The number of aliphatic hydroxyl groups excluding tert-OH is 1. The maximum Gasteiger partial charge on any atom is 0.225 e. The quantitative estimate of drug-likeness (QED) is 0.264. The molecule has 2 aliphatic rings. The Hall–Kier alpha value is -2.75. The number of amides is 1. The highest BCUT2D eigenvalue weighted by Crippen LogP contribution is 2.27. The van der Waals surface area contributed by atoms with E-state index in [1.807, 2.05) is 38.1 Å². The first-order valence-electron chi connectivity index (χ1n) is 14.2. The van der Waals surface area contributed by atoms with E-state index < -0.39 is 0 Å². The van der Waals surface area contributed by atoms with Crippen molar-refractivity contribution in [2.75, 3.05) is 19.6 Å². The average molecular weight is 507 g/mol. The lowest BCUT2D eigenvalue weighted by atomic mass is 9.89. The van der Waals surface area contributed by atoms with Gasteiger partial charge in [0.2, 0.25) is 5.91 Å². The Kier molecular flexibility index (Phi) is 12.8. The molecule has 0 aliphatic carbocycles. The zero-order valence-electron chi connectivity index (χ0n) is 24.0. The van der Waals surface area contributed by atoms with Crippen LogP contribution in [0.25, 0.3) is 0 Å². The summed E-state index contributed by atoms with van der Waals surface area (Å²) in [5, 5.41) is 12.6. The van der Waals surface area contributed by atoms with E-state index in [2.05, 4.69) is 56.3 Å². The molecule has 1 fully saturated rings. The molecule has 1 unspecified atom stereocenters. The van der Waals surface area contributed by atoms with Crippen LogP contribution >= 0.6 is 0 Å². The fourth-order valence-corrected chi connectivity index (χ4v) is 5.23. The Labute approximate surface area is 226 Å². The number of carbonyl (C=O) groups excluding carboxylic acids is 1. The van der Waals surface area contributed by atoms with Gasteiger partial charge in [-0.1, -0.05) is 75.9 Å². The third-order valence-corrected chi connectivity index (χ3v) is 7.98. The summed E-state index contributed by atoms with van der Waals surface area (Å²) in [4.78, 5) is 14.6. The molecule has 37 heavy (non-hydrogen) atoms. The second kappa shape index (κ2) is 15.5. The van der Waals surface area contributed by atoms with Gasteiger partial charge in [-0.05, 0) is 81.4 Å². The first-order valence-corrected chi connectivity index (χ1v) is 14.2. The van der Waals surface area contributed by atoms with Gasteiger partial charge in [0, 0.05) is 37.2 Å². The van der Waals surface area contributed by atoms with Gasteiger partial charge in [-0.2, -0.15) is 0 Å². The van der Waals surface area contributed by atoms with Crippen molar-refractivity contribution >= 4 is 5.91 Å². The second-order valence-electron chi connectivity index (χ2n) is 10.7. The lowest BCUT2D eigenvalue weighted by molar-refractivity contribution is -0.137. The van der Waals surface area contributed by atoms with E-state index >= 15 is 0 Å². The normalized spacial score (nSPS) is 17.3. The van der Waals surface area contributed by atoms with Gasteiger partial charge >= 0.3 is 0 Å². The first-order chi connectivity index (χ1) is 17.7. The molecule has 4 nitrogen and oxygen atoms in total. The molecule has 2 aliphatic heterocycles. The van der Waals surface area contributed by atoms with Crippen LogP contribution in [0.5, 0.6) is 0 Å². The Bertz CT molecular complexity index is 962. The van der Waals surface area contributed by atoms with Crippen LogP contribution in [0.4, 0.5) is 0 Å². The van der Waals surface area contributed by atoms with Crippen molar-refractivity contribution in [2.45, 2.75) is 85.5 Å². The van der Waals surface area contributed by atoms with Crippen LogP contribution in [0.2, 0.25) is 0 Å². The number of carbonyl (C=O) groups is 1. The van der Waals surface area contributed by atoms with E-state index in [4.69, 9.17) is 0 Å². The molecular weight excluding hydrogens is 456 g/mol. The number of aliphatic hydroxyl groups is 1. The van der Waals surface area contributed by atoms with Crippen LogP contribution in [-0.2, 0) is 4.79 Å². The maximum absolute atomic E-state index is 12.5. The van der Waals surface area contributed by atoms with Crippen molar-refractivity contribution in [3.05, 3.63) is 83.3 Å². The van der Waals surface area contributed by atoms with E-state index in [0.717, 1.165) is 57.3 Å². The van der Waals surface area contributed by atoms with E-state index in [9.17, 15) is 9.90 Å². The van der Waals surface area contributed by atoms with Crippen LogP contribution in [0.15, 0.2) is 72.2 Å². The van der Waals surface area contributed by atoms with E-state index in [-0.39, 0.29) is 17.6 Å². The molecule has 1 atom stereocenters. The van der Waals surface area contributed by atoms with Gasteiger partial charge in [0.1, 0.15) is 0 Å². The Morgan fingerprint density at radius 3 is 2.38 bits per heavy atom. The molecular formula is C33H50N2O2. The summed E-state index contributed by atoms with van der Waals surface area (Å²) in [6.07, 6.45) is 12.0. The van der Waals surface area contributed by atoms with Gasteiger partial charge in [-0.25, -0.2) is 0 Å². The summed E-state index contributed by atoms with van der Waals surface area (Å²) >= 11 is 0. The van der Waals surface area contributed by atoms with E-state index in [1.54, 1.807) is 0 Å². The summed E-state index contributed by atoms with van der Waals surface area (Å²) in [5.74, 6) is 1.52. The number of likely N-dealkylation sites (tertiary alicyclic amines) is 1. The van der Waals surface area contributed by atoms with Crippen molar-refractivity contribution < 1.29 is 9.90 Å². The van der Waals surface area contributed by atoms with Gasteiger partial charge in [0.15, 0.2) is 0 Å². The van der Waals surface area contributed by atoms with Crippen LogP contribution < -0.4 is 5.32 Å². The van der Waals surface area contributed by atoms with Crippen molar-refractivity contribution in [3.8, 4) is 0 Å². The standard InChI is InChI=1S/C22H36N2O.C11H14O/c1-5-20(6-2)22(25)24-14-11-19(12-15-24)16-17(3)9-10-21-8-7-13-23-18(21)4;1-8-6-4-5-7-11(8)9(2)10(3)12/h9-10,19-20,23H,3,5-8,11-16H2,1-2,4H3;4-7,9,12H,3H2,1-2H3/b10-9-;. The van der Waals surface area contributed by atoms with Crippen LogP contribution in [0.1, 0.15) is 89.7 Å². The van der Waals surface area contributed by atoms with Gasteiger partial charge in [0.25, 0.3) is 0 Å². The third-order valence-electron chi connectivity index (χ3n) is 7.98. The largest absolute Gasteiger partial charge is 0.512 e. The highest BCUT2D eigenvalue weighted by molar-refractivity contribution is 5.78. The van der Waals surface area contributed by atoms with E-state index in [0.29, 0.717) is 11.8 Å². The van der Waals surface area contributed by atoms with Crippen LogP contribution in [0.3, 0.4) is 0 Å². The number of allylic oxidation sites excluding steroid dienone is 6. The molecule has 1 saturated heterocycles. The number of piperidine rings is 1. The van der Waals surface area contributed by atoms with E-state index in [1.165, 1.54) is 35.2 Å². The molecule has 0 aromatic heterocycles. The predicted molar refractivity (Wildman–Crippen MR) is 158 cm³/mol. The molecule has 1 amide bonds. The summed E-state index contributed by atoms with van der Waals surface area (Å²) in [5.41, 5.74) is 6.28. The zero-order valence-corrected chi connectivity index (χ0v) is 24.0. The number of aryl methyl sites for hydroxylation is 1. The monoisotopic (exact) mass is 506 g/mol. The Morgan fingerprint density at radius 1 is 1.16 bits per heavy atom. The summed E-state index contributed by atoms with van der Waals surface area (Å²) < 4.78 is 0. The van der Waals surface area contributed by atoms with Crippen molar-refractivity contribution in [2.24, 2.45) is 11.8 Å². The minimum atomic E-state index is 0.0335. The van der Waals surface area contributed by atoms with Gasteiger partial charge < -0.3 is 15.3 Å². The highest BCUT2D eigenvalue weighted by atomic mass is 16.3. The van der Waals surface area contributed by atoms with Crippen molar-refractivity contribution in [3.63, 3.8) is 0 Å². The first kappa shape index (κ1) is 30.5. The fourth-order valence-electron chi connectivity index (χ4n) is 5.23. The molecule has 2 N–H and O–H groups in total. The Balaban J connectivity index is 0.000000335. The number of nitrogens with one attached hydrogen (secondary N) is 1. The molecule has 0 spiro atoms. The Morgan fingerprint density at radius 2 is 1.81 bits per heavy atom. The maximum atomic E-state index is 12.5. The van der Waals surface area contributed by atoms with Crippen LogP contribution in [0, 0.1) is 18.8 Å². The van der Waals surface area contributed by atoms with Crippen LogP contribution in [-0.4, -0.2) is 35.5 Å². The van der Waals surface area contributed by atoms with Crippen molar-refractivity contribution in [1.29, 1.82) is 0 Å². The predicted octanol–water partition coefficient (Wildman–Crippen LogP) is 7.99. The van der Waals surface area contributed by atoms with Crippen molar-refractivity contribution in [1.82, 2.24) is 10.2 Å². The molecule has 1 aromatic carbocycles. The molecule has 2 heterocycles. The smallest absolute Gasteiger partial charge is 0.225 e. The fraction of sp³-hybridized carbons (Fsp3) is 0.545. The molecule has 204 valence electrons. The topological polar surface area (TPSA) is 52.6 Å². The lowest BCUT2D eigenvalue weighted by Gasteiger charge is -2.34. The number of rotatable bonds is 9. The zero-order chi connectivity index (χ0) is 27.4. The summed E-state index contributed by atoms with van der Waals surface area (Å²) in [6.45, 7) is 21.1. The summed E-state index contributed by atoms with van der Waals surface area (Å²) in [6, 6.07) is 8.02. The molecule has 0 bridgehead atoms. The molecule has 3 rings (SSSR count). The minimum absolute atomic E-state index is 0.0335. The number of hydrogen-bond donors (Lipinski definition) is 2. The molecule has 0 radical (unpaired) electrons. The van der Waals surface area contributed by atoms with Gasteiger partial charge in [-0.15, -0.1) is 0 Å².